The predicted octanol–water partition coefficient (Wildman–Crippen LogP) is 1.59. The summed E-state index contributed by atoms with van der Waals surface area (Å²) in [4.78, 5) is 0. The number of nitrogens with zero attached hydrogens (tertiary/aromatic N) is 3. The van der Waals surface area contributed by atoms with E-state index in [1.54, 1.807) is 0 Å². The molecule has 0 amide bonds. The molecule has 1 aromatic heterocycles. The average molecular weight is 208 g/mol. The van der Waals surface area contributed by atoms with Crippen molar-refractivity contribution in [3.05, 3.63) is 11.6 Å². The lowest BCUT2D eigenvalue weighted by atomic mass is 10.0. The molecule has 2 atom stereocenters. The van der Waals surface area contributed by atoms with Crippen LogP contribution in [0.4, 0.5) is 0 Å². The van der Waals surface area contributed by atoms with Gasteiger partial charge in [0.2, 0.25) is 0 Å². The highest BCUT2D eigenvalue weighted by Crippen LogP contribution is 2.32. The molecule has 0 radical (unpaired) electrons. The molecule has 84 valence electrons. The molecular weight excluding hydrogens is 188 g/mol. The molecule has 0 bridgehead atoms. The Morgan fingerprint density at radius 1 is 1.40 bits per heavy atom. The molecule has 4 nitrogen and oxygen atoms in total. The molecule has 0 spiro atoms. The van der Waals surface area contributed by atoms with E-state index in [1.807, 2.05) is 6.92 Å². The number of aryl methyl sites for hydroxylation is 1. The smallest absolute Gasteiger partial charge is 0.137 e. The van der Waals surface area contributed by atoms with Crippen LogP contribution in [0.25, 0.3) is 0 Å². The zero-order valence-electron chi connectivity index (χ0n) is 9.61. The van der Waals surface area contributed by atoms with Crippen LogP contribution in [0.5, 0.6) is 0 Å². The van der Waals surface area contributed by atoms with Gasteiger partial charge in [0.1, 0.15) is 11.6 Å². The topological polar surface area (TPSA) is 56.7 Å². The molecule has 0 aromatic carbocycles. The van der Waals surface area contributed by atoms with E-state index >= 15 is 0 Å². The van der Waals surface area contributed by atoms with Crippen LogP contribution in [-0.2, 0) is 6.54 Å². The van der Waals surface area contributed by atoms with Crippen molar-refractivity contribution in [2.24, 2.45) is 5.73 Å². The molecule has 2 rings (SSSR count). The highest BCUT2D eigenvalue weighted by Gasteiger charge is 2.29. The normalized spacial score (nSPS) is 26.1. The minimum atomic E-state index is 0.282. The van der Waals surface area contributed by atoms with Crippen LogP contribution in [0.15, 0.2) is 0 Å². The monoisotopic (exact) mass is 208 g/mol. The quantitative estimate of drug-likeness (QED) is 0.820. The fourth-order valence-electron chi connectivity index (χ4n) is 2.48. The lowest BCUT2D eigenvalue weighted by molar-refractivity contribution is 0.526. The van der Waals surface area contributed by atoms with Crippen LogP contribution in [0.3, 0.4) is 0 Å². The van der Waals surface area contributed by atoms with Gasteiger partial charge in [-0.25, -0.2) is 0 Å². The highest BCUT2D eigenvalue weighted by atomic mass is 15.3. The van der Waals surface area contributed by atoms with Gasteiger partial charge in [-0.3, -0.25) is 0 Å². The van der Waals surface area contributed by atoms with Crippen molar-refractivity contribution in [2.75, 3.05) is 0 Å². The van der Waals surface area contributed by atoms with Crippen LogP contribution in [0, 0.1) is 6.92 Å². The Bertz CT molecular complexity index is 331. The van der Waals surface area contributed by atoms with Gasteiger partial charge in [0, 0.05) is 18.5 Å². The fraction of sp³-hybridized carbons (Fsp3) is 0.818. The van der Waals surface area contributed by atoms with Crippen molar-refractivity contribution < 1.29 is 0 Å². The lowest BCUT2D eigenvalue weighted by Crippen LogP contribution is -2.25. The summed E-state index contributed by atoms with van der Waals surface area (Å²) in [5.41, 5.74) is 6.10. The van der Waals surface area contributed by atoms with Gasteiger partial charge in [0.15, 0.2) is 0 Å². The second-order valence-corrected chi connectivity index (χ2v) is 4.46. The van der Waals surface area contributed by atoms with Crippen LogP contribution in [0.1, 0.15) is 50.2 Å². The first-order valence-corrected chi connectivity index (χ1v) is 5.89. The third-order valence-corrected chi connectivity index (χ3v) is 3.31. The minimum absolute atomic E-state index is 0.282. The van der Waals surface area contributed by atoms with Gasteiger partial charge in [0.05, 0.1) is 0 Å². The maximum absolute atomic E-state index is 6.10. The summed E-state index contributed by atoms with van der Waals surface area (Å²) in [5, 5.41) is 8.47. The third kappa shape index (κ3) is 1.91. The summed E-state index contributed by atoms with van der Waals surface area (Å²) in [7, 11) is 0. The Balaban J connectivity index is 2.26. The Labute approximate surface area is 90.9 Å². The van der Waals surface area contributed by atoms with Crippen molar-refractivity contribution in [2.45, 2.75) is 58.0 Å². The SMILES string of the molecule is CCCn1c(C)nnc1C1CCCC1N. The van der Waals surface area contributed by atoms with Gasteiger partial charge in [-0.2, -0.15) is 0 Å². The summed E-state index contributed by atoms with van der Waals surface area (Å²) in [6.07, 6.45) is 4.64. The van der Waals surface area contributed by atoms with Gasteiger partial charge in [-0.15, -0.1) is 10.2 Å². The maximum Gasteiger partial charge on any atom is 0.137 e. The highest BCUT2D eigenvalue weighted by molar-refractivity contribution is 5.07. The van der Waals surface area contributed by atoms with E-state index < -0.39 is 0 Å². The molecule has 2 unspecified atom stereocenters. The molecule has 4 heteroatoms. The molecule has 1 aromatic rings. The van der Waals surface area contributed by atoms with Gasteiger partial charge in [-0.05, 0) is 26.2 Å². The Hall–Kier alpha value is -0.900. The van der Waals surface area contributed by atoms with Crippen molar-refractivity contribution in [3.8, 4) is 0 Å². The van der Waals surface area contributed by atoms with E-state index in [0.717, 1.165) is 31.0 Å². The fourth-order valence-corrected chi connectivity index (χ4v) is 2.48. The Morgan fingerprint density at radius 2 is 2.20 bits per heavy atom. The van der Waals surface area contributed by atoms with E-state index in [2.05, 4.69) is 21.7 Å². The predicted molar refractivity (Wildman–Crippen MR) is 59.6 cm³/mol. The second-order valence-electron chi connectivity index (χ2n) is 4.46. The molecule has 0 saturated heterocycles. The number of hydrogen-bond donors (Lipinski definition) is 1. The largest absolute Gasteiger partial charge is 0.327 e. The Morgan fingerprint density at radius 3 is 2.80 bits per heavy atom. The van der Waals surface area contributed by atoms with E-state index in [0.29, 0.717) is 5.92 Å². The third-order valence-electron chi connectivity index (χ3n) is 3.31. The van der Waals surface area contributed by atoms with Gasteiger partial charge in [-0.1, -0.05) is 13.3 Å². The number of hydrogen-bond acceptors (Lipinski definition) is 3. The van der Waals surface area contributed by atoms with E-state index in [-0.39, 0.29) is 6.04 Å². The molecule has 2 N–H and O–H groups in total. The number of aromatic nitrogens is 3. The van der Waals surface area contributed by atoms with Gasteiger partial charge >= 0.3 is 0 Å². The summed E-state index contributed by atoms with van der Waals surface area (Å²) in [5.74, 6) is 2.56. The molecule has 1 saturated carbocycles. The molecule has 1 heterocycles. The summed E-state index contributed by atoms with van der Waals surface area (Å²) in [6, 6.07) is 0.282. The molecule has 15 heavy (non-hydrogen) atoms. The lowest BCUT2D eigenvalue weighted by Gasteiger charge is -2.16. The van der Waals surface area contributed by atoms with E-state index in [9.17, 15) is 0 Å². The van der Waals surface area contributed by atoms with Gasteiger partial charge in [0.25, 0.3) is 0 Å². The zero-order valence-corrected chi connectivity index (χ0v) is 9.61. The molecule has 1 aliphatic carbocycles. The van der Waals surface area contributed by atoms with Crippen LogP contribution in [0.2, 0.25) is 0 Å². The first-order valence-electron chi connectivity index (χ1n) is 5.89. The number of rotatable bonds is 3. The summed E-state index contributed by atoms with van der Waals surface area (Å²) < 4.78 is 2.23. The van der Waals surface area contributed by atoms with Crippen molar-refractivity contribution in [1.29, 1.82) is 0 Å². The maximum atomic E-state index is 6.10. The minimum Gasteiger partial charge on any atom is -0.327 e. The van der Waals surface area contributed by atoms with Crippen LogP contribution < -0.4 is 5.73 Å². The first kappa shape index (κ1) is 10.6. The molecular formula is C11H20N4. The van der Waals surface area contributed by atoms with E-state index in [4.69, 9.17) is 5.73 Å². The molecule has 0 aliphatic heterocycles. The standard InChI is InChI=1S/C11H20N4/c1-3-7-15-8(2)13-14-11(15)9-5-4-6-10(9)12/h9-10H,3-7,12H2,1-2H3. The van der Waals surface area contributed by atoms with Gasteiger partial charge < -0.3 is 10.3 Å². The van der Waals surface area contributed by atoms with Crippen molar-refractivity contribution >= 4 is 0 Å². The second kappa shape index (κ2) is 4.31. The molecule has 1 aliphatic rings. The van der Waals surface area contributed by atoms with Crippen LogP contribution >= 0.6 is 0 Å². The zero-order chi connectivity index (χ0) is 10.8. The van der Waals surface area contributed by atoms with Crippen LogP contribution in [-0.4, -0.2) is 20.8 Å². The van der Waals surface area contributed by atoms with Crippen molar-refractivity contribution in [1.82, 2.24) is 14.8 Å². The number of nitrogens with two attached hydrogens (primary N) is 1. The summed E-state index contributed by atoms with van der Waals surface area (Å²) >= 11 is 0. The summed E-state index contributed by atoms with van der Waals surface area (Å²) in [6.45, 7) is 5.21. The average Bonchev–Trinajstić information content (AvgIpc) is 2.76. The van der Waals surface area contributed by atoms with Crippen molar-refractivity contribution in [3.63, 3.8) is 0 Å². The molecule has 1 fully saturated rings. The first-order chi connectivity index (χ1) is 7.24. The Kier molecular flexibility index (Phi) is 3.05. The van der Waals surface area contributed by atoms with E-state index in [1.165, 1.54) is 12.8 Å².